The zero-order chi connectivity index (χ0) is 25.3. The maximum atomic E-state index is 14.2. The lowest BCUT2D eigenvalue weighted by Gasteiger charge is -2.23. The molecule has 184 valence electrons. The lowest BCUT2D eigenvalue weighted by molar-refractivity contribution is -0.133. The maximum Gasteiger partial charge on any atom is 0.244 e. The summed E-state index contributed by atoms with van der Waals surface area (Å²) in [6, 6.07) is 22.0. The van der Waals surface area contributed by atoms with Crippen LogP contribution in [0.25, 0.3) is 0 Å². The Morgan fingerprint density at radius 3 is 2.06 bits per heavy atom. The number of nitrogens with zero attached hydrogens (tertiary/aromatic N) is 1. The molecule has 0 saturated heterocycles. The molecule has 0 radical (unpaired) electrons. The molecule has 7 nitrogen and oxygen atoms in total. The minimum atomic E-state index is -4.34. The van der Waals surface area contributed by atoms with E-state index in [4.69, 9.17) is 0 Å². The Kier molecular flexibility index (Phi) is 9.11. The van der Waals surface area contributed by atoms with Crippen molar-refractivity contribution in [3.63, 3.8) is 0 Å². The van der Waals surface area contributed by atoms with Crippen LogP contribution in [0.3, 0.4) is 0 Å². The van der Waals surface area contributed by atoms with Crippen LogP contribution in [0.4, 0.5) is 4.39 Å². The summed E-state index contributed by atoms with van der Waals surface area (Å²) in [6.07, 6.45) is 0.0239. The molecule has 3 aromatic rings. The third-order valence-electron chi connectivity index (χ3n) is 5.39. The molecule has 0 spiro atoms. The normalized spacial score (nSPS) is 12.1. The first-order valence-electron chi connectivity index (χ1n) is 11.2. The van der Waals surface area contributed by atoms with E-state index < -0.39 is 32.7 Å². The average molecular weight is 498 g/mol. The fraction of sp³-hybridized carbons (Fsp3) is 0.231. The molecule has 35 heavy (non-hydrogen) atoms. The molecule has 2 N–H and O–H groups in total. The molecule has 0 aliphatic heterocycles. The summed E-state index contributed by atoms with van der Waals surface area (Å²) < 4.78 is 42.2. The van der Waals surface area contributed by atoms with Gasteiger partial charge in [0.05, 0.1) is 6.54 Å². The van der Waals surface area contributed by atoms with E-state index in [0.29, 0.717) is 18.7 Å². The highest BCUT2D eigenvalue weighted by molar-refractivity contribution is 7.89. The molecule has 3 rings (SSSR count). The molecule has 9 heteroatoms. The van der Waals surface area contributed by atoms with Crippen molar-refractivity contribution in [3.05, 3.63) is 102 Å². The molecule has 1 atom stereocenters. The van der Waals surface area contributed by atoms with Crippen molar-refractivity contribution < 1.29 is 22.4 Å². The number of amides is 2. The topological polar surface area (TPSA) is 95.6 Å². The van der Waals surface area contributed by atoms with E-state index in [2.05, 4.69) is 10.0 Å². The molecular formula is C26H28FN3O4S. The highest BCUT2D eigenvalue weighted by Crippen LogP contribution is 2.15. The van der Waals surface area contributed by atoms with Crippen molar-refractivity contribution >= 4 is 21.8 Å². The van der Waals surface area contributed by atoms with Crippen molar-refractivity contribution in [3.8, 4) is 0 Å². The van der Waals surface area contributed by atoms with Crippen LogP contribution in [0.2, 0.25) is 0 Å². The second kappa shape index (κ2) is 12.2. The fourth-order valence-corrected chi connectivity index (χ4v) is 4.80. The number of hydrogen-bond donors (Lipinski definition) is 2. The van der Waals surface area contributed by atoms with Crippen LogP contribution in [-0.4, -0.2) is 44.3 Å². The van der Waals surface area contributed by atoms with E-state index in [1.807, 2.05) is 37.3 Å². The van der Waals surface area contributed by atoms with Crippen molar-refractivity contribution in [2.24, 2.45) is 0 Å². The van der Waals surface area contributed by atoms with E-state index in [-0.39, 0.29) is 18.9 Å². The smallest absolute Gasteiger partial charge is 0.244 e. The predicted octanol–water partition coefficient (Wildman–Crippen LogP) is 2.88. The molecule has 2 amide bonds. The summed E-state index contributed by atoms with van der Waals surface area (Å²) in [6.45, 7) is 2.37. The molecule has 0 heterocycles. The SMILES string of the molecule is CCN(Cc1ccccc1)C(=O)CNC(=O)[C@H](Cc1ccccc1)NS(=O)(=O)c1ccccc1F. The number of rotatable bonds is 11. The zero-order valence-corrected chi connectivity index (χ0v) is 20.2. The highest BCUT2D eigenvalue weighted by Gasteiger charge is 2.28. The van der Waals surface area contributed by atoms with Crippen LogP contribution in [-0.2, 0) is 32.6 Å². The molecular weight excluding hydrogens is 469 g/mol. The summed E-state index contributed by atoms with van der Waals surface area (Å²) in [7, 11) is -4.34. The van der Waals surface area contributed by atoms with Gasteiger partial charge in [0, 0.05) is 13.1 Å². The van der Waals surface area contributed by atoms with Gasteiger partial charge >= 0.3 is 0 Å². The van der Waals surface area contributed by atoms with Gasteiger partial charge in [0.2, 0.25) is 21.8 Å². The molecule has 0 bridgehead atoms. The number of carbonyl (C=O) groups excluding carboxylic acids is 2. The Bertz CT molecular complexity index is 1240. The van der Waals surface area contributed by atoms with Crippen molar-refractivity contribution in [1.29, 1.82) is 0 Å². The van der Waals surface area contributed by atoms with Gasteiger partial charge in [-0.1, -0.05) is 72.8 Å². The van der Waals surface area contributed by atoms with Gasteiger partial charge in [-0.2, -0.15) is 4.72 Å². The first-order valence-corrected chi connectivity index (χ1v) is 12.7. The molecule has 0 aliphatic rings. The van der Waals surface area contributed by atoms with Gasteiger partial charge in [-0.25, -0.2) is 12.8 Å². The standard InChI is InChI=1S/C26H28FN3O4S/c1-2-30(19-21-13-7-4-8-14-21)25(31)18-28-26(32)23(17-20-11-5-3-6-12-20)29-35(33,34)24-16-10-9-15-22(24)27/h3-16,23,29H,2,17-19H2,1H3,(H,28,32)/t23-/m0/s1. The molecule has 0 aliphatic carbocycles. The van der Waals surface area contributed by atoms with Crippen LogP contribution in [0, 0.1) is 5.82 Å². The quantitative estimate of drug-likeness (QED) is 0.426. The zero-order valence-electron chi connectivity index (χ0n) is 19.4. The molecule has 0 fully saturated rings. The van der Waals surface area contributed by atoms with Crippen LogP contribution in [0.5, 0.6) is 0 Å². The monoisotopic (exact) mass is 497 g/mol. The van der Waals surface area contributed by atoms with Crippen LogP contribution < -0.4 is 10.0 Å². The first kappa shape index (κ1) is 26.1. The van der Waals surface area contributed by atoms with Gasteiger partial charge < -0.3 is 10.2 Å². The van der Waals surface area contributed by atoms with E-state index in [0.717, 1.165) is 17.7 Å². The van der Waals surface area contributed by atoms with Gasteiger partial charge in [0.1, 0.15) is 16.8 Å². The lowest BCUT2D eigenvalue weighted by atomic mass is 10.1. The van der Waals surface area contributed by atoms with Crippen molar-refractivity contribution in [2.75, 3.05) is 13.1 Å². The van der Waals surface area contributed by atoms with Crippen LogP contribution >= 0.6 is 0 Å². The van der Waals surface area contributed by atoms with Gasteiger partial charge in [0.15, 0.2) is 0 Å². The molecule has 0 saturated carbocycles. The van der Waals surface area contributed by atoms with E-state index in [1.165, 1.54) is 12.1 Å². The Morgan fingerprint density at radius 1 is 0.886 bits per heavy atom. The summed E-state index contributed by atoms with van der Waals surface area (Å²) in [5, 5.41) is 2.54. The summed E-state index contributed by atoms with van der Waals surface area (Å²) in [5.74, 6) is -1.91. The van der Waals surface area contributed by atoms with E-state index in [9.17, 15) is 22.4 Å². The van der Waals surface area contributed by atoms with E-state index in [1.54, 1.807) is 35.2 Å². The average Bonchev–Trinajstić information content (AvgIpc) is 2.86. The Hall–Kier alpha value is -3.56. The van der Waals surface area contributed by atoms with Crippen LogP contribution in [0.1, 0.15) is 18.1 Å². The predicted molar refractivity (Wildman–Crippen MR) is 131 cm³/mol. The fourth-order valence-electron chi connectivity index (χ4n) is 3.53. The number of nitrogens with one attached hydrogen (secondary N) is 2. The number of benzene rings is 3. The van der Waals surface area contributed by atoms with Gasteiger partial charge in [-0.05, 0) is 36.6 Å². The highest BCUT2D eigenvalue weighted by atomic mass is 32.2. The van der Waals surface area contributed by atoms with E-state index >= 15 is 0 Å². The minimum absolute atomic E-state index is 0.0239. The number of carbonyl (C=O) groups is 2. The summed E-state index contributed by atoms with van der Waals surface area (Å²) >= 11 is 0. The minimum Gasteiger partial charge on any atom is -0.346 e. The van der Waals surface area contributed by atoms with Crippen molar-refractivity contribution in [1.82, 2.24) is 14.9 Å². The number of sulfonamides is 1. The van der Waals surface area contributed by atoms with Gasteiger partial charge in [0.25, 0.3) is 0 Å². The first-order chi connectivity index (χ1) is 16.8. The summed E-state index contributed by atoms with van der Waals surface area (Å²) in [4.78, 5) is 26.8. The van der Waals surface area contributed by atoms with Gasteiger partial charge in [-0.3, -0.25) is 9.59 Å². The third kappa shape index (κ3) is 7.46. The largest absolute Gasteiger partial charge is 0.346 e. The Labute approximate surface area is 205 Å². The number of likely N-dealkylation sites (N-methyl/N-ethyl adjacent to an activating group) is 1. The Morgan fingerprint density at radius 2 is 1.46 bits per heavy atom. The van der Waals surface area contributed by atoms with Gasteiger partial charge in [-0.15, -0.1) is 0 Å². The molecule has 0 aromatic heterocycles. The molecule has 0 unspecified atom stereocenters. The second-order valence-electron chi connectivity index (χ2n) is 7.91. The maximum absolute atomic E-state index is 14.2. The van der Waals surface area contributed by atoms with Crippen molar-refractivity contribution in [2.45, 2.75) is 30.8 Å². The lowest BCUT2D eigenvalue weighted by Crippen LogP contribution is -2.50. The second-order valence-corrected chi connectivity index (χ2v) is 9.59. The number of hydrogen-bond acceptors (Lipinski definition) is 4. The third-order valence-corrected chi connectivity index (χ3v) is 6.89. The summed E-state index contributed by atoms with van der Waals surface area (Å²) in [5.41, 5.74) is 1.66. The van der Waals surface area contributed by atoms with Crippen LogP contribution in [0.15, 0.2) is 89.8 Å². The molecule has 3 aromatic carbocycles. The number of halogens is 1. The Balaban J connectivity index is 1.72.